The van der Waals surface area contributed by atoms with Crippen LogP contribution in [-0.2, 0) is 0 Å². The van der Waals surface area contributed by atoms with Gasteiger partial charge in [0.15, 0.2) is 0 Å². The van der Waals surface area contributed by atoms with E-state index in [-0.39, 0.29) is 19.0 Å². The lowest BCUT2D eigenvalue weighted by Gasteiger charge is -2.09. The Morgan fingerprint density at radius 3 is 2.77 bits per heavy atom. The molecule has 1 aromatic rings. The molecule has 1 aromatic carbocycles. The number of phenols is 1. The van der Waals surface area contributed by atoms with Crippen LogP contribution in [0.3, 0.4) is 0 Å². The molecule has 0 saturated heterocycles. The number of hydrogen-bond acceptors (Lipinski definition) is 4. The number of aliphatic hydroxyl groups excluding tert-OH is 2. The van der Waals surface area contributed by atoms with E-state index >= 15 is 0 Å². The van der Waals surface area contributed by atoms with E-state index in [0.29, 0.717) is 5.75 Å². The van der Waals surface area contributed by atoms with E-state index in [1.807, 2.05) is 0 Å². The molecule has 4 nitrogen and oxygen atoms in total. The molecule has 0 heterocycles. The first-order valence-corrected chi connectivity index (χ1v) is 3.93. The molecular formula is C9H12O4. The van der Waals surface area contributed by atoms with Crippen LogP contribution in [0, 0.1) is 0 Å². The molecule has 1 atom stereocenters. The molecule has 0 aliphatic rings. The predicted octanol–water partition coefficient (Wildman–Crippen LogP) is 0.124. The van der Waals surface area contributed by atoms with Crippen molar-refractivity contribution >= 4 is 0 Å². The van der Waals surface area contributed by atoms with Crippen molar-refractivity contribution in [3.05, 3.63) is 24.3 Å². The minimum atomic E-state index is -0.887. The summed E-state index contributed by atoms with van der Waals surface area (Å²) in [6.45, 7) is -0.321. The van der Waals surface area contributed by atoms with Crippen LogP contribution in [0.1, 0.15) is 0 Å². The van der Waals surface area contributed by atoms with Gasteiger partial charge >= 0.3 is 0 Å². The fraction of sp³-hybridized carbons (Fsp3) is 0.333. The monoisotopic (exact) mass is 184 g/mol. The third-order valence-corrected chi connectivity index (χ3v) is 1.47. The summed E-state index contributed by atoms with van der Waals surface area (Å²) >= 11 is 0. The Balaban J connectivity index is 2.45. The van der Waals surface area contributed by atoms with Gasteiger partial charge in [0, 0.05) is 6.07 Å². The lowest BCUT2D eigenvalue weighted by Crippen LogP contribution is -2.21. The summed E-state index contributed by atoms with van der Waals surface area (Å²) in [6.07, 6.45) is -0.887. The van der Waals surface area contributed by atoms with Crippen LogP contribution in [0.5, 0.6) is 11.5 Å². The SMILES string of the molecule is OC[C@H](O)COc1cccc(O)c1. The summed E-state index contributed by atoms with van der Waals surface area (Å²) in [5.41, 5.74) is 0. The summed E-state index contributed by atoms with van der Waals surface area (Å²) in [5.74, 6) is 0.573. The molecule has 0 radical (unpaired) electrons. The summed E-state index contributed by atoms with van der Waals surface area (Å²) in [5, 5.41) is 26.5. The Labute approximate surface area is 76.0 Å². The third kappa shape index (κ3) is 3.31. The predicted molar refractivity (Wildman–Crippen MR) is 46.7 cm³/mol. The quantitative estimate of drug-likeness (QED) is 0.621. The van der Waals surface area contributed by atoms with E-state index in [1.54, 1.807) is 12.1 Å². The number of benzene rings is 1. The van der Waals surface area contributed by atoms with Crippen molar-refractivity contribution in [2.75, 3.05) is 13.2 Å². The molecule has 0 spiro atoms. The first-order valence-electron chi connectivity index (χ1n) is 3.93. The van der Waals surface area contributed by atoms with E-state index < -0.39 is 6.10 Å². The average molecular weight is 184 g/mol. The first-order chi connectivity index (χ1) is 6.22. The number of rotatable bonds is 4. The number of phenolic OH excluding ortho intramolecular Hbond substituents is 1. The zero-order valence-electron chi connectivity index (χ0n) is 7.05. The standard InChI is InChI=1S/C9H12O4/c10-5-8(12)6-13-9-3-1-2-7(11)4-9/h1-4,8,10-12H,5-6H2/t8-/m0/s1. The zero-order valence-corrected chi connectivity index (χ0v) is 7.05. The number of aromatic hydroxyl groups is 1. The van der Waals surface area contributed by atoms with Crippen molar-refractivity contribution in [3.63, 3.8) is 0 Å². The molecule has 0 aliphatic carbocycles. The van der Waals surface area contributed by atoms with Crippen LogP contribution < -0.4 is 4.74 Å². The van der Waals surface area contributed by atoms with Gasteiger partial charge in [-0.1, -0.05) is 6.07 Å². The largest absolute Gasteiger partial charge is 0.508 e. The molecule has 0 aromatic heterocycles. The lowest BCUT2D eigenvalue weighted by molar-refractivity contribution is 0.0535. The van der Waals surface area contributed by atoms with Crippen LogP contribution in [0.2, 0.25) is 0 Å². The minimum Gasteiger partial charge on any atom is -0.508 e. The van der Waals surface area contributed by atoms with Crippen LogP contribution in [0.15, 0.2) is 24.3 Å². The third-order valence-electron chi connectivity index (χ3n) is 1.47. The molecule has 0 amide bonds. The highest BCUT2D eigenvalue weighted by atomic mass is 16.5. The van der Waals surface area contributed by atoms with E-state index in [9.17, 15) is 0 Å². The fourth-order valence-electron chi connectivity index (χ4n) is 0.818. The highest BCUT2D eigenvalue weighted by molar-refractivity contribution is 5.31. The zero-order chi connectivity index (χ0) is 9.68. The molecule has 4 heteroatoms. The maximum Gasteiger partial charge on any atom is 0.123 e. The Bertz CT molecular complexity index is 262. The molecule has 0 fully saturated rings. The molecule has 1 rings (SSSR count). The van der Waals surface area contributed by atoms with Gasteiger partial charge in [-0.2, -0.15) is 0 Å². The van der Waals surface area contributed by atoms with Gasteiger partial charge in [-0.25, -0.2) is 0 Å². The van der Waals surface area contributed by atoms with E-state index in [2.05, 4.69) is 0 Å². The molecule has 3 N–H and O–H groups in total. The molecule has 72 valence electrons. The van der Waals surface area contributed by atoms with Gasteiger partial charge in [-0.3, -0.25) is 0 Å². The Hall–Kier alpha value is -1.26. The molecule has 0 aliphatic heterocycles. The highest BCUT2D eigenvalue weighted by Gasteiger charge is 2.02. The van der Waals surface area contributed by atoms with Crippen molar-refractivity contribution in [2.24, 2.45) is 0 Å². The second-order valence-corrected chi connectivity index (χ2v) is 2.64. The number of aliphatic hydroxyl groups is 2. The van der Waals surface area contributed by atoms with Gasteiger partial charge in [0.1, 0.15) is 24.2 Å². The van der Waals surface area contributed by atoms with Crippen LogP contribution in [0.4, 0.5) is 0 Å². The van der Waals surface area contributed by atoms with Gasteiger partial charge in [0.25, 0.3) is 0 Å². The normalized spacial score (nSPS) is 12.5. The Kier molecular flexibility index (Phi) is 3.54. The van der Waals surface area contributed by atoms with Gasteiger partial charge < -0.3 is 20.1 Å². The van der Waals surface area contributed by atoms with Crippen molar-refractivity contribution in [1.29, 1.82) is 0 Å². The fourth-order valence-corrected chi connectivity index (χ4v) is 0.818. The Morgan fingerprint density at radius 1 is 1.38 bits per heavy atom. The van der Waals surface area contributed by atoms with Gasteiger partial charge in [0.2, 0.25) is 0 Å². The topological polar surface area (TPSA) is 69.9 Å². The van der Waals surface area contributed by atoms with Crippen molar-refractivity contribution in [2.45, 2.75) is 6.10 Å². The lowest BCUT2D eigenvalue weighted by atomic mass is 10.3. The van der Waals surface area contributed by atoms with E-state index in [1.165, 1.54) is 12.1 Å². The summed E-state index contributed by atoms with van der Waals surface area (Å²) in [7, 11) is 0. The smallest absolute Gasteiger partial charge is 0.123 e. The molecule has 0 bridgehead atoms. The second kappa shape index (κ2) is 4.69. The van der Waals surface area contributed by atoms with Crippen molar-refractivity contribution in [1.82, 2.24) is 0 Å². The number of ether oxygens (including phenoxy) is 1. The maximum absolute atomic E-state index is 9.04. The van der Waals surface area contributed by atoms with E-state index in [0.717, 1.165) is 0 Å². The van der Waals surface area contributed by atoms with Crippen LogP contribution in [0.25, 0.3) is 0 Å². The van der Waals surface area contributed by atoms with Crippen LogP contribution in [-0.4, -0.2) is 34.6 Å². The van der Waals surface area contributed by atoms with Gasteiger partial charge in [-0.05, 0) is 12.1 Å². The maximum atomic E-state index is 9.04. The molecular weight excluding hydrogens is 172 g/mol. The summed E-state index contributed by atoms with van der Waals surface area (Å²) < 4.78 is 5.07. The summed E-state index contributed by atoms with van der Waals surface area (Å²) in [6, 6.07) is 6.25. The second-order valence-electron chi connectivity index (χ2n) is 2.64. The first kappa shape index (κ1) is 9.83. The van der Waals surface area contributed by atoms with Gasteiger partial charge in [-0.15, -0.1) is 0 Å². The number of hydrogen-bond donors (Lipinski definition) is 3. The van der Waals surface area contributed by atoms with Crippen molar-refractivity contribution < 1.29 is 20.1 Å². The Morgan fingerprint density at radius 2 is 2.15 bits per heavy atom. The van der Waals surface area contributed by atoms with Gasteiger partial charge in [0.05, 0.1) is 6.61 Å². The van der Waals surface area contributed by atoms with E-state index in [4.69, 9.17) is 20.1 Å². The average Bonchev–Trinajstić information content (AvgIpc) is 2.14. The molecule has 0 saturated carbocycles. The van der Waals surface area contributed by atoms with Crippen LogP contribution >= 0.6 is 0 Å². The van der Waals surface area contributed by atoms with Crippen molar-refractivity contribution in [3.8, 4) is 11.5 Å². The minimum absolute atomic E-state index is 0.0138. The molecule has 13 heavy (non-hydrogen) atoms. The highest BCUT2D eigenvalue weighted by Crippen LogP contribution is 2.17. The summed E-state index contributed by atoms with van der Waals surface area (Å²) in [4.78, 5) is 0. The molecule has 0 unspecified atom stereocenters.